The molecule has 0 saturated carbocycles. The van der Waals surface area contributed by atoms with Gasteiger partial charge in [-0.2, -0.15) is 0 Å². The predicted octanol–water partition coefficient (Wildman–Crippen LogP) is -4.03. The quantitative estimate of drug-likeness (QED) is 0.234. The second kappa shape index (κ2) is 8.41. The molecule has 0 aliphatic rings. The summed E-state index contributed by atoms with van der Waals surface area (Å²) in [5, 5.41) is 75.5. The molecule has 0 bridgehead atoms. The van der Waals surface area contributed by atoms with Crippen LogP contribution < -0.4 is 0 Å². The third kappa shape index (κ3) is 4.15. The highest BCUT2D eigenvalue weighted by Crippen LogP contribution is 2.26. The number of aromatic nitrogens is 2. The summed E-state index contributed by atoms with van der Waals surface area (Å²) in [6, 6.07) is 0. The summed E-state index contributed by atoms with van der Waals surface area (Å²) in [4.78, 5) is 7.45. The monoisotopic (exact) mass is 320 g/mol. The Morgan fingerprint density at radius 1 is 0.682 bits per heavy atom. The molecule has 0 aliphatic heterocycles. The largest absolute Gasteiger partial charge is 0.394 e. The zero-order valence-electron chi connectivity index (χ0n) is 11.5. The molecule has 0 fully saturated rings. The summed E-state index contributed by atoms with van der Waals surface area (Å²) < 4.78 is 0. The molecule has 10 nitrogen and oxygen atoms in total. The normalized spacial score (nSPS) is 20.0. The van der Waals surface area contributed by atoms with Crippen LogP contribution in [0.25, 0.3) is 0 Å². The molecule has 126 valence electrons. The molecule has 1 rings (SSSR count). The van der Waals surface area contributed by atoms with Crippen LogP contribution in [0, 0.1) is 0 Å². The van der Waals surface area contributed by atoms with Crippen molar-refractivity contribution in [1.82, 2.24) is 9.97 Å². The summed E-state index contributed by atoms with van der Waals surface area (Å²) >= 11 is 0. The fourth-order valence-corrected chi connectivity index (χ4v) is 1.78. The predicted molar refractivity (Wildman–Crippen MR) is 70.2 cm³/mol. The minimum absolute atomic E-state index is 0.348. The van der Waals surface area contributed by atoms with Crippen molar-refractivity contribution >= 4 is 0 Å². The van der Waals surface area contributed by atoms with Crippen molar-refractivity contribution in [3.8, 4) is 0 Å². The number of aliphatic hydroxyl groups is 8. The first-order valence-corrected chi connectivity index (χ1v) is 6.46. The van der Waals surface area contributed by atoms with Gasteiger partial charge in [0.05, 0.1) is 24.6 Å². The van der Waals surface area contributed by atoms with Crippen LogP contribution in [-0.2, 0) is 0 Å². The van der Waals surface area contributed by atoms with Gasteiger partial charge < -0.3 is 40.9 Å². The fourth-order valence-electron chi connectivity index (χ4n) is 1.78. The van der Waals surface area contributed by atoms with Crippen molar-refractivity contribution in [1.29, 1.82) is 0 Å². The van der Waals surface area contributed by atoms with Crippen LogP contribution in [0.4, 0.5) is 0 Å². The van der Waals surface area contributed by atoms with Crippen molar-refractivity contribution in [2.45, 2.75) is 36.6 Å². The van der Waals surface area contributed by atoms with Crippen LogP contribution in [-0.4, -0.2) is 88.4 Å². The summed E-state index contributed by atoms with van der Waals surface area (Å²) in [6.07, 6.45) is -8.27. The molecule has 8 N–H and O–H groups in total. The molecule has 0 spiro atoms. The van der Waals surface area contributed by atoms with Gasteiger partial charge >= 0.3 is 0 Å². The Morgan fingerprint density at radius 2 is 1.00 bits per heavy atom. The molecular formula is C12H20N2O8. The van der Waals surface area contributed by atoms with Crippen LogP contribution in [0.3, 0.4) is 0 Å². The minimum Gasteiger partial charge on any atom is -0.394 e. The van der Waals surface area contributed by atoms with Gasteiger partial charge in [-0.25, -0.2) is 0 Å². The molecule has 0 radical (unpaired) electrons. The zero-order valence-corrected chi connectivity index (χ0v) is 11.5. The Bertz CT molecular complexity index is 422. The van der Waals surface area contributed by atoms with Crippen molar-refractivity contribution in [2.24, 2.45) is 0 Å². The number of aliphatic hydroxyl groups excluding tert-OH is 8. The molecule has 1 aromatic rings. The van der Waals surface area contributed by atoms with Crippen LogP contribution in [0.5, 0.6) is 0 Å². The van der Waals surface area contributed by atoms with E-state index >= 15 is 0 Å². The van der Waals surface area contributed by atoms with E-state index in [2.05, 4.69) is 9.97 Å². The highest BCUT2D eigenvalue weighted by atomic mass is 16.4. The lowest BCUT2D eigenvalue weighted by Gasteiger charge is -2.26. The van der Waals surface area contributed by atoms with Crippen molar-refractivity contribution in [3.63, 3.8) is 0 Å². The van der Waals surface area contributed by atoms with Crippen LogP contribution in [0.1, 0.15) is 23.6 Å². The van der Waals surface area contributed by atoms with Gasteiger partial charge in [0.1, 0.15) is 36.6 Å². The molecular weight excluding hydrogens is 300 g/mol. The minimum atomic E-state index is -1.81. The van der Waals surface area contributed by atoms with E-state index in [9.17, 15) is 30.6 Å². The average Bonchev–Trinajstić information content (AvgIpc) is 2.57. The third-order valence-corrected chi connectivity index (χ3v) is 3.13. The Labute approximate surface area is 125 Å². The highest BCUT2D eigenvalue weighted by molar-refractivity contribution is 5.19. The van der Waals surface area contributed by atoms with E-state index in [4.69, 9.17) is 10.2 Å². The lowest BCUT2D eigenvalue weighted by atomic mass is 9.98. The van der Waals surface area contributed by atoms with Crippen LogP contribution in [0.2, 0.25) is 0 Å². The Hall–Kier alpha value is -1.24. The lowest BCUT2D eigenvalue weighted by molar-refractivity contribution is -0.0882. The second-order valence-corrected chi connectivity index (χ2v) is 4.70. The maximum absolute atomic E-state index is 9.97. The van der Waals surface area contributed by atoms with E-state index in [1.807, 2.05) is 0 Å². The number of nitrogens with zero attached hydrogens (tertiary/aromatic N) is 2. The van der Waals surface area contributed by atoms with E-state index in [-0.39, 0.29) is 11.4 Å². The maximum Gasteiger partial charge on any atom is 0.126 e. The van der Waals surface area contributed by atoms with Crippen LogP contribution in [0.15, 0.2) is 12.4 Å². The van der Waals surface area contributed by atoms with Gasteiger partial charge in [0.25, 0.3) is 0 Å². The molecule has 10 heteroatoms. The first-order valence-electron chi connectivity index (χ1n) is 6.46. The van der Waals surface area contributed by atoms with Gasteiger partial charge in [0.15, 0.2) is 0 Å². The van der Waals surface area contributed by atoms with E-state index in [0.29, 0.717) is 0 Å². The van der Waals surface area contributed by atoms with Gasteiger partial charge in [0, 0.05) is 12.4 Å². The van der Waals surface area contributed by atoms with Crippen molar-refractivity contribution in [3.05, 3.63) is 23.8 Å². The van der Waals surface area contributed by atoms with E-state index in [0.717, 1.165) is 12.4 Å². The number of hydrogen-bond acceptors (Lipinski definition) is 10. The molecule has 22 heavy (non-hydrogen) atoms. The molecule has 0 aliphatic carbocycles. The smallest absolute Gasteiger partial charge is 0.126 e. The fraction of sp³-hybridized carbons (Fsp3) is 0.667. The van der Waals surface area contributed by atoms with Gasteiger partial charge in [-0.05, 0) is 0 Å². The summed E-state index contributed by atoms with van der Waals surface area (Å²) in [6.45, 7) is -1.63. The van der Waals surface area contributed by atoms with Gasteiger partial charge in [0.2, 0.25) is 0 Å². The van der Waals surface area contributed by atoms with Crippen molar-refractivity contribution in [2.75, 3.05) is 13.2 Å². The SMILES string of the molecule is OC[C@H](O)[C@@H](O)[C@@H](O)c1nccnc1[C@H](O)[C@H](O)[C@@H](O)CO. The van der Waals surface area contributed by atoms with Gasteiger partial charge in [-0.15, -0.1) is 0 Å². The first-order chi connectivity index (χ1) is 10.3. The maximum atomic E-state index is 9.97. The molecule has 6 atom stereocenters. The highest BCUT2D eigenvalue weighted by Gasteiger charge is 2.34. The summed E-state index contributed by atoms with van der Waals surface area (Å²) in [5.41, 5.74) is -0.696. The Balaban J connectivity index is 3.08. The van der Waals surface area contributed by atoms with Gasteiger partial charge in [-0.1, -0.05) is 0 Å². The lowest BCUT2D eigenvalue weighted by Crippen LogP contribution is -2.38. The molecule has 1 aromatic heterocycles. The first kappa shape index (κ1) is 18.8. The van der Waals surface area contributed by atoms with Gasteiger partial charge in [-0.3, -0.25) is 9.97 Å². The molecule has 0 amide bonds. The Kier molecular flexibility index (Phi) is 7.19. The topological polar surface area (TPSA) is 188 Å². The average molecular weight is 320 g/mol. The molecule has 0 saturated heterocycles. The zero-order chi connectivity index (χ0) is 16.9. The second-order valence-electron chi connectivity index (χ2n) is 4.70. The number of rotatable bonds is 8. The molecule has 0 unspecified atom stereocenters. The third-order valence-electron chi connectivity index (χ3n) is 3.13. The van der Waals surface area contributed by atoms with Crippen LogP contribution >= 0.6 is 0 Å². The molecule has 0 aromatic carbocycles. The summed E-state index contributed by atoms with van der Waals surface area (Å²) in [5.74, 6) is 0. The van der Waals surface area contributed by atoms with E-state index in [1.54, 1.807) is 0 Å². The van der Waals surface area contributed by atoms with Crippen molar-refractivity contribution < 1.29 is 40.9 Å². The Morgan fingerprint density at radius 3 is 1.27 bits per heavy atom. The van der Waals surface area contributed by atoms with E-state index in [1.165, 1.54) is 0 Å². The number of hydrogen-bond donors (Lipinski definition) is 8. The summed E-state index contributed by atoms with van der Waals surface area (Å²) in [7, 11) is 0. The van der Waals surface area contributed by atoms with E-state index < -0.39 is 49.8 Å². The standard InChI is InChI=1S/C12H20N2O8/c15-3-5(17)9(19)11(21)7-8(14-2-1-13-7)12(22)10(20)6(18)4-16/h1-2,5-6,9-12,15-22H,3-4H2/t5-,6-,9+,10+,11-,12-/m0/s1. The molecule has 1 heterocycles.